The molecule has 0 spiro atoms. The normalized spacial score (nSPS) is 13.7. The van der Waals surface area contributed by atoms with E-state index in [1.165, 1.54) is 18.2 Å². The molecule has 1 aliphatic rings. The van der Waals surface area contributed by atoms with Gasteiger partial charge in [-0.05, 0) is 56.2 Å². The highest BCUT2D eigenvalue weighted by atomic mass is 16.6. The molecule has 1 N–H and O–H groups in total. The average molecular weight is 432 g/mol. The van der Waals surface area contributed by atoms with Gasteiger partial charge in [0.25, 0.3) is 11.6 Å². The number of ether oxygens (including phenoxy) is 2. The Morgan fingerprint density at radius 1 is 1.16 bits per heavy atom. The lowest BCUT2D eigenvalue weighted by molar-refractivity contribution is -0.384. The third-order valence-corrected chi connectivity index (χ3v) is 5.33. The summed E-state index contributed by atoms with van der Waals surface area (Å²) in [6.45, 7) is 6.18. The third-order valence-electron chi connectivity index (χ3n) is 5.33. The first-order valence-electron chi connectivity index (χ1n) is 10.3. The van der Waals surface area contributed by atoms with Gasteiger partial charge in [-0.1, -0.05) is 24.3 Å². The van der Waals surface area contributed by atoms with E-state index >= 15 is 0 Å². The van der Waals surface area contributed by atoms with Gasteiger partial charge in [0.05, 0.1) is 4.92 Å². The van der Waals surface area contributed by atoms with Crippen LogP contribution in [0.15, 0.2) is 60.7 Å². The topological polar surface area (TPSA) is 90.7 Å². The second-order valence-electron chi connectivity index (χ2n) is 8.48. The Balaban J connectivity index is 1.40. The maximum absolute atomic E-state index is 12.6. The second kappa shape index (κ2) is 8.34. The molecule has 1 aliphatic heterocycles. The van der Waals surface area contributed by atoms with E-state index in [9.17, 15) is 14.9 Å². The molecule has 7 nitrogen and oxygen atoms in total. The number of fused-ring (bicyclic) bond motifs is 1. The number of nitro benzene ring substituents is 1. The minimum absolute atomic E-state index is 0.0112. The van der Waals surface area contributed by atoms with E-state index in [-0.39, 0.29) is 17.2 Å². The Bertz CT molecular complexity index is 1190. The summed E-state index contributed by atoms with van der Waals surface area (Å²) in [6, 6.07) is 17.4. The van der Waals surface area contributed by atoms with Gasteiger partial charge in [-0.15, -0.1) is 0 Å². The molecule has 0 saturated heterocycles. The van der Waals surface area contributed by atoms with Crippen molar-refractivity contribution in [3.8, 4) is 11.5 Å². The number of benzene rings is 3. The molecule has 164 valence electrons. The van der Waals surface area contributed by atoms with Gasteiger partial charge < -0.3 is 14.8 Å². The molecule has 7 heteroatoms. The zero-order valence-corrected chi connectivity index (χ0v) is 18.2. The molecule has 0 aliphatic carbocycles. The molecule has 4 rings (SSSR count). The number of hydrogen-bond acceptors (Lipinski definition) is 5. The molecule has 0 radical (unpaired) electrons. The van der Waals surface area contributed by atoms with Crippen LogP contribution >= 0.6 is 0 Å². The first-order valence-corrected chi connectivity index (χ1v) is 10.3. The molecule has 3 aromatic rings. The lowest BCUT2D eigenvalue weighted by Crippen LogP contribution is -2.24. The summed E-state index contributed by atoms with van der Waals surface area (Å²) in [4.78, 5) is 23.0. The number of non-ortho nitro benzene ring substituents is 1. The van der Waals surface area contributed by atoms with E-state index in [2.05, 4.69) is 25.2 Å². The third kappa shape index (κ3) is 4.56. The van der Waals surface area contributed by atoms with Crippen LogP contribution in [0.25, 0.3) is 0 Å². The van der Waals surface area contributed by atoms with Crippen LogP contribution in [-0.2, 0) is 13.0 Å². The largest absolute Gasteiger partial charge is 0.485 e. The Morgan fingerprint density at radius 3 is 2.59 bits per heavy atom. The van der Waals surface area contributed by atoms with Crippen LogP contribution in [0.4, 0.5) is 11.4 Å². The SMILES string of the molecule is Cc1cc([N+](=O)[O-])ccc1NC(=O)c1ccc(COc2cccc3c2OC(C)(C)C3)cc1. The van der Waals surface area contributed by atoms with Crippen molar-refractivity contribution in [1.29, 1.82) is 0 Å². The van der Waals surface area contributed by atoms with Crippen molar-refractivity contribution in [3.05, 3.63) is 93.0 Å². The summed E-state index contributed by atoms with van der Waals surface area (Å²) >= 11 is 0. The molecule has 0 fully saturated rings. The minimum atomic E-state index is -0.462. The van der Waals surface area contributed by atoms with Crippen molar-refractivity contribution < 1.29 is 19.2 Å². The molecule has 32 heavy (non-hydrogen) atoms. The molecule has 0 saturated carbocycles. The van der Waals surface area contributed by atoms with Gasteiger partial charge in [0.2, 0.25) is 0 Å². The first kappa shape index (κ1) is 21.4. The van der Waals surface area contributed by atoms with Crippen molar-refractivity contribution in [2.24, 2.45) is 0 Å². The number of anilines is 1. The number of aryl methyl sites for hydroxylation is 1. The lowest BCUT2D eigenvalue weighted by atomic mass is 10.0. The van der Waals surface area contributed by atoms with E-state index in [1.807, 2.05) is 24.3 Å². The van der Waals surface area contributed by atoms with Gasteiger partial charge in [0, 0.05) is 35.4 Å². The van der Waals surface area contributed by atoms with Crippen molar-refractivity contribution in [1.82, 2.24) is 0 Å². The van der Waals surface area contributed by atoms with E-state index in [0.717, 1.165) is 23.3 Å². The van der Waals surface area contributed by atoms with Crippen LogP contribution < -0.4 is 14.8 Å². The number of nitrogens with one attached hydrogen (secondary N) is 1. The Kier molecular flexibility index (Phi) is 5.57. The number of nitrogens with zero attached hydrogens (tertiary/aromatic N) is 1. The molecule has 0 unspecified atom stereocenters. The van der Waals surface area contributed by atoms with E-state index < -0.39 is 4.92 Å². The number of hydrogen-bond donors (Lipinski definition) is 1. The first-order chi connectivity index (χ1) is 15.2. The van der Waals surface area contributed by atoms with Gasteiger partial charge in [-0.25, -0.2) is 0 Å². The zero-order valence-electron chi connectivity index (χ0n) is 18.2. The van der Waals surface area contributed by atoms with E-state index in [0.29, 0.717) is 29.2 Å². The molecular weight excluding hydrogens is 408 g/mol. The molecule has 3 aromatic carbocycles. The Hall–Kier alpha value is -3.87. The van der Waals surface area contributed by atoms with E-state index in [1.54, 1.807) is 19.1 Å². The summed E-state index contributed by atoms with van der Waals surface area (Å²) in [5.41, 5.74) is 3.45. The highest BCUT2D eigenvalue weighted by Gasteiger charge is 2.32. The van der Waals surface area contributed by atoms with Crippen molar-refractivity contribution in [2.75, 3.05) is 5.32 Å². The zero-order chi connectivity index (χ0) is 22.9. The van der Waals surface area contributed by atoms with Gasteiger partial charge in [0.1, 0.15) is 12.2 Å². The number of carbonyl (C=O) groups is 1. The maximum atomic E-state index is 12.6. The van der Waals surface area contributed by atoms with Crippen LogP contribution in [-0.4, -0.2) is 16.4 Å². The highest BCUT2D eigenvalue weighted by molar-refractivity contribution is 6.04. The average Bonchev–Trinajstić information content (AvgIpc) is 3.08. The number of nitro groups is 1. The number of rotatable bonds is 6. The Labute approximate surface area is 186 Å². The molecule has 1 amide bonds. The predicted molar refractivity (Wildman–Crippen MR) is 121 cm³/mol. The number of amides is 1. The molecule has 0 aromatic heterocycles. The van der Waals surface area contributed by atoms with Crippen LogP contribution in [0, 0.1) is 17.0 Å². The molecular formula is C25H24N2O5. The Morgan fingerprint density at radius 2 is 1.91 bits per heavy atom. The van der Waals surface area contributed by atoms with E-state index in [4.69, 9.17) is 9.47 Å². The van der Waals surface area contributed by atoms with Gasteiger partial charge in [-0.3, -0.25) is 14.9 Å². The fraction of sp³-hybridized carbons (Fsp3) is 0.240. The number of para-hydroxylation sites is 1. The van der Waals surface area contributed by atoms with Crippen molar-refractivity contribution >= 4 is 17.3 Å². The summed E-state index contributed by atoms with van der Waals surface area (Å²) in [7, 11) is 0. The molecule has 0 atom stereocenters. The van der Waals surface area contributed by atoms with Crippen LogP contribution in [0.5, 0.6) is 11.5 Å². The molecule has 0 bridgehead atoms. The predicted octanol–water partition coefficient (Wildman–Crippen LogP) is 5.45. The number of carbonyl (C=O) groups excluding carboxylic acids is 1. The van der Waals surface area contributed by atoms with Crippen molar-refractivity contribution in [3.63, 3.8) is 0 Å². The fourth-order valence-electron chi connectivity index (χ4n) is 3.71. The summed E-state index contributed by atoms with van der Waals surface area (Å²) in [5.74, 6) is 1.22. The van der Waals surface area contributed by atoms with Crippen LogP contribution in [0.2, 0.25) is 0 Å². The lowest BCUT2D eigenvalue weighted by Gasteiger charge is -2.18. The van der Waals surface area contributed by atoms with Crippen molar-refractivity contribution in [2.45, 2.75) is 39.4 Å². The standard InChI is InChI=1S/C25H24N2O5/c1-16-13-20(27(29)30)11-12-21(16)26-24(28)18-9-7-17(8-10-18)15-31-22-6-4-5-19-14-25(2,3)32-23(19)22/h4-13H,14-15H2,1-3H3,(H,26,28). The van der Waals surface area contributed by atoms with Gasteiger partial charge in [0.15, 0.2) is 11.5 Å². The molecule has 1 heterocycles. The summed E-state index contributed by atoms with van der Waals surface area (Å²) in [5, 5.41) is 13.7. The summed E-state index contributed by atoms with van der Waals surface area (Å²) < 4.78 is 12.0. The quantitative estimate of drug-likeness (QED) is 0.413. The van der Waals surface area contributed by atoms with Gasteiger partial charge >= 0.3 is 0 Å². The smallest absolute Gasteiger partial charge is 0.269 e. The second-order valence-corrected chi connectivity index (χ2v) is 8.48. The fourth-order valence-corrected chi connectivity index (χ4v) is 3.71. The van der Waals surface area contributed by atoms with Crippen LogP contribution in [0.3, 0.4) is 0 Å². The minimum Gasteiger partial charge on any atom is -0.485 e. The highest BCUT2D eigenvalue weighted by Crippen LogP contribution is 2.42. The maximum Gasteiger partial charge on any atom is 0.269 e. The summed E-state index contributed by atoms with van der Waals surface area (Å²) in [6.07, 6.45) is 0.845. The van der Waals surface area contributed by atoms with Crippen LogP contribution in [0.1, 0.15) is 40.9 Å². The monoisotopic (exact) mass is 432 g/mol. The van der Waals surface area contributed by atoms with Gasteiger partial charge in [-0.2, -0.15) is 0 Å².